The molecule has 0 radical (unpaired) electrons. The minimum Gasteiger partial charge on any atom is -0.269 e. The quantitative estimate of drug-likeness (QED) is 0.723. The Morgan fingerprint density at radius 3 is 2.69 bits per heavy atom. The summed E-state index contributed by atoms with van der Waals surface area (Å²) < 4.78 is 1.64. The minimum atomic E-state index is -0.0103. The molecule has 0 bridgehead atoms. The van der Waals surface area contributed by atoms with E-state index in [4.69, 9.17) is 0 Å². The maximum Gasteiger partial charge on any atom is 0.257 e. The Balaban J connectivity index is 2.19. The molecule has 1 aromatic carbocycles. The van der Waals surface area contributed by atoms with Gasteiger partial charge in [-0.1, -0.05) is 30.3 Å². The van der Waals surface area contributed by atoms with E-state index in [-0.39, 0.29) is 5.91 Å². The number of benzene rings is 1. The first-order chi connectivity index (χ1) is 7.77. The highest BCUT2D eigenvalue weighted by Gasteiger charge is 2.23. The molecular weight excluding hydrogens is 200 g/mol. The predicted octanol–water partition coefficient (Wildman–Crippen LogP) is 2.28. The number of hydrogen-bond donors (Lipinski definition) is 0. The van der Waals surface area contributed by atoms with Crippen LogP contribution >= 0.6 is 0 Å². The van der Waals surface area contributed by atoms with E-state index in [9.17, 15) is 4.79 Å². The van der Waals surface area contributed by atoms with Crippen LogP contribution in [0.2, 0.25) is 0 Å². The third kappa shape index (κ3) is 1.15. The van der Waals surface area contributed by atoms with E-state index in [1.54, 1.807) is 16.8 Å². The number of fused-ring (bicyclic) bond motifs is 1. The van der Waals surface area contributed by atoms with Crippen molar-refractivity contribution >= 4 is 11.5 Å². The number of hydrogen-bond acceptors (Lipinski definition) is 2. The van der Waals surface area contributed by atoms with Crippen molar-refractivity contribution in [2.45, 2.75) is 6.92 Å². The first-order valence-corrected chi connectivity index (χ1v) is 5.13. The van der Waals surface area contributed by atoms with Crippen LogP contribution in [0, 0.1) is 6.92 Å². The highest BCUT2D eigenvalue weighted by Crippen LogP contribution is 2.28. The fraction of sp³-hybridized carbons (Fsp3) is 0.0769. The molecule has 3 nitrogen and oxygen atoms in total. The molecular formula is C13H10N2O. The molecule has 0 amide bonds. The van der Waals surface area contributed by atoms with Gasteiger partial charge in [0.05, 0.1) is 11.9 Å². The van der Waals surface area contributed by atoms with E-state index in [1.807, 2.05) is 37.3 Å². The van der Waals surface area contributed by atoms with Crippen LogP contribution in [-0.2, 0) is 0 Å². The van der Waals surface area contributed by atoms with E-state index >= 15 is 0 Å². The van der Waals surface area contributed by atoms with Crippen molar-refractivity contribution in [3.8, 4) is 0 Å². The second kappa shape index (κ2) is 3.17. The average Bonchev–Trinajstić information content (AvgIpc) is 2.83. The van der Waals surface area contributed by atoms with Crippen LogP contribution in [0.15, 0.2) is 42.6 Å². The van der Waals surface area contributed by atoms with Crippen molar-refractivity contribution in [1.29, 1.82) is 0 Å². The van der Waals surface area contributed by atoms with Crippen LogP contribution in [0.25, 0.3) is 5.57 Å². The number of nitrogens with zero attached hydrogens (tertiary/aromatic N) is 2. The van der Waals surface area contributed by atoms with Crippen LogP contribution in [-0.4, -0.2) is 15.5 Å². The summed E-state index contributed by atoms with van der Waals surface area (Å²) in [5.74, 6) is 0.728. The van der Waals surface area contributed by atoms with Crippen LogP contribution in [0.1, 0.15) is 21.9 Å². The number of carbonyl (C=O) groups is 1. The number of imidazole rings is 1. The summed E-state index contributed by atoms with van der Waals surface area (Å²) in [7, 11) is 0. The Labute approximate surface area is 93.1 Å². The molecule has 1 aliphatic rings. The molecule has 0 N–H and O–H groups in total. The van der Waals surface area contributed by atoms with Crippen molar-refractivity contribution in [2.75, 3.05) is 0 Å². The molecule has 1 aliphatic heterocycles. The molecule has 2 heterocycles. The summed E-state index contributed by atoms with van der Waals surface area (Å²) in [5.41, 5.74) is 2.88. The zero-order valence-corrected chi connectivity index (χ0v) is 8.84. The van der Waals surface area contributed by atoms with Gasteiger partial charge in [-0.25, -0.2) is 4.98 Å². The summed E-state index contributed by atoms with van der Waals surface area (Å²) in [5, 5.41) is 0. The summed E-state index contributed by atoms with van der Waals surface area (Å²) in [4.78, 5) is 15.9. The number of aromatic nitrogens is 2. The predicted molar refractivity (Wildman–Crippen MR) is 61.1 cm³/mol. The van der Waals surface area contributed by atoms with Gasteiger partial charge in [-0.3, -0.25) is 9.36 Å². The van der Waals surface area contributed by atoms with Crippen molar-refractivity contribution < 1.29 is 4.79 Å². The van der Waals surface area contributed by atoms with E-state index in [1.165, 1.54) is 0 Å². The Morgan fingerprint density at radius 1 is 1.19 bits per heavy atom. The Bertz CT molecular complexity index is 594. The molecule has 0 spiro atoms. The smallest absolute Gasteiger partial charge is 0.257 e. The van der Waals surface area contributed by atoms with Gasteiger partial charge in [-0.15, -0.1) is 0 Å². The lowest BCUT2D eigenvalue weighted by atomic mass is 10.0. The molecule has 78 valence electrons. The fourth-order valence-electron chi connectivity index (χ4n) is 2.02. The zero-order valence-electron chi connectivity index (χ0n) is 8.84. The lowest BCUT2D eigenvalue weighted by Crippen LogP contribution is -2.05. The molecule has 0 saturated carbocycles. The first kappa shape index (κ1) is 9.09. The third-order valence-electron chi connectivity index (χ3n) is 2.79. The lowest BCUT2D eigenvalue weighted by molar-refractivity contribution is 0.0972. The Morgan fingerprint density at radius 2 is 1.94 bits per heavy atom. The van der Waals surface area contributed by atoms with Gasteiger partial charge >= 0.3 is 0 Å². The molecule has 3 heteroatoms. The third-order valence-corrected chi connectivity index (χ3v) is 2.79. The van der Waals surface area contributed by atoms with Gasteiger partial charge in [0.25, 0.3) is 5.91 Å². The van der Waals surface area contributed by atoms with Gasteiger partial charge in [-0.05, 0) is 12.5 Å². The molecule has 0 saturated heterocycles. The summed E-state index contributed by atoms with van der Waals surface area (Å²) >= 11 is 0. The summed E-state index contributed by atoms with van der Waals surface area (Å²) in [6.07, 6.45) is 3.42. The summed E-state index contributed by atoms with van der Waals surface area (Å²) in [6, 6.07) is 9.89. The lowest BCUT2D eigenvalue weighted by Gasteiger charge is -2.01. The van der Waals surface area contributed by atoms with Crippen molar-refractivity contribution in [2.24, 2.45) is 0 Å². The van der Waals surface area contributed by atoms with E-state index in [0.717, 1.165) is 22.7 Å². The maximum absolute atomic E-state index is 11.8. The second-order valence-corrected chi connectivity index (χ2v) is 3.79. The van der Waals surface area contributed by atoms with E-state index in [2.05, 4.69) is 4.98 Å². The number of allylic oxidation sites excluding steroid dienone is 1. The largest absolute Gasteiger partial charge is 0.269 e. The van der Waals surface area contributed by atoms with Gasteiger partial charge in [0.15, 0.2) is 0 Å². The SMILES string of the molecule is Cc1ncc2n1C(=O)C=C2c1ccccc1. The van der Waals surface area contributed by atoms with Gasteiger partial charge < -0.3 is 0 Å². The standard InChI is InChI=1S/C13H10N2O/c1-9-14-8-12-11(7-13(16)15(9)12)10-5-3-2-4-6-10/h2-8H,1H3. The molecule has 2 aromatic rings. The van der Waals surface area contributed by atoms with Gasteiger partial charge in [0, 0.05) is 11.6 Å². The topological polar surface area (TPSA) is 34.9 Å². The Hall–Kier alpha value is -2.16. The molecule has 3 rings (SSSR count). The van der Waals surface area contributed by atoms with Crippen LogP contribution in [0.5, 0.6) is 0 Å². The highest BCUT2D eigenvalue weighted by atomic mass is 16.2. The van der Waals surface area contributed by atoms with E-state index < -0.39 is 0 Å². The average molecular weight is 210 g/mol. The normalized spacial score (nSPS) is 13.8. The fourth-order valence-corrected chi connectivity index (χ4v) is 2.02. The van der Waals surface area contributed by atoms with Crippen LogP contribution in [0.3, 0.4) is 0 Å². The molecule has 16 heavy (non-hydrogen) atoms. The molecule has 0 atom stereocenters. The maximum atomic E-state index is 11.8. The number of aryl methyl sites for hydroxylation is 1. The van der Waals surface area contributed by atoms with E-state index in [0.29, 0.717) is 0 Å². The molecule has 0 fully saturated rings. The molecule has 0 unspecified atom stereocenters. The summed E-state index contributed by atoms with van der Waals surface area (Å²) in [6.45, 7) is 1.84. The van der Waals surface area contributed by atoms with Crippen molar-refractivity contribution in [3.63, 3.8) is 0 Å². The van der Waals surface area contributed by atoms with Crippen molar-refractivity contribution in [3.05, 3.63) is 59.7 Å². The monoisotopic (exact) mass is 210 g/mol. The first-order valence-electron chi connectivity index (χ1n) is 5.13. The Kier molecular flexibility index (Phi) is 1.80. The van der Waals surface area contributed by atoms with Crippen LogP contribution < -0.4 is 0 Å². The van der Waals surface area contributed by atoms with Gasteiger partial charge in [-0.2, -0.15) is 0 Å². The molecule has 1 aromatic heterocycles. The minimum absolute atomic E-state index is 0.0103. The highest BCUT2D eigenvalue weighted by molar-refractivity contribution is 6.06. The zero-order chi connectivity index (χ0) is 11.1. The second-order valence-electron chi connectivity index (χ2n) is 3.79. The number of carbonyl (C=O) groups excluding carboxylic acids is 1. The molecule has 0 aliphatic carbocycles. The van der Waals surface area contributed by atoms with Crippen LogP contribution in [0.4, 0.5) is 0 Å². The van der Waals surface area contributed by atoms with Crippen molar-refractivity contribution in [1.82, 2.24) is 9.55 Å². The number of rotatable bonds is 1. The van der Waals surface area contributed by atoms with Gasteiger partial charge in [0.1, 0.15) is 5.82 Å². The van der Waals surface area contributed by atoms with Gasteiger partial charge in [0.2, 0.25) is 0 Å².